The standard InChI is InChI=1S/C16H21NO4/c1-12(16(19)20)5-4-10-17-15(18)9-8-13-6-3-7-14(11-13)21-2/h3,6-9,11-12H,4-5,10H2,1-2H3,(H,17,18)(H,19,20)/b9-8+. The molecule has 0 aliphatic carbocycles. The Kier molecular flexibility index (Phi) is 7.01. The molecular weight excluding hydrogens is 270 g/mol. The number of carboxylic acid groups (broad SMARTS) is 1. The van der Waals surface area contributed by atoms with Crippen LogP contribution in [-0.4, -0.2) is 30.6 Å². The van der Waals surface area contributed by atoms with Gasteiger partial charge >= 0.3 is 5.97 Å². The molecule has 1 amide bonds. The first-order chi connectivity index (χ1) is 10.0. The van der Waals surface area contributed by atoms with Gasteiger partial charge < -0.3 is 15.2 Å². The quantitative estimate of drug-likeness (QED) is 0.569. The van der Waals surface area contributed by atoms with Gasteiger partial charge in [0.25, 0.3) is 0 Å². The van der Waals surface area contributed by atoms with Gasteiger partial charge in [-0.05, 0) is 36.6 Å². The number of ether oxygens (including phenoxy) is 1. The van der Waals surface area contributed by atoms with Gasteiger partial charge in [0.1, 0.15) is 5.75 Å². The minimum absolute atomic E-state index is 0.194. The summed E-state index contributed by atoms with van der Waals surface area (Å²) in [6.45, 7) is 2.13. The molecular formula is C16H21NO4. The van der Waals surface area contributed by atoms with E-state index < -0.39 is 5.97 Å². The van der Waals surface area contributed by atoms with Crippen molar-refractivity contribution in [2.45, 2.75) is 19.8 Å². The Bertz CT molecular complexity index is 511. The Morgan fingerprint density at radius 3 is 2.86 bits per heavy atom. The van der Waals surface area contributed by atoms with Gasteiger partial charge in [0, 0.05) is 12.6 Å². The molecule has 0 bridgehead atoms. The molecule has 2 N–H and O–H groups in total. The molecule has 5 nitrogen and oxygen atoms in total. The van der Waals surface area contributed by atoms with E-state index in [0.717, 1.165) is 11.3 Å². The number of aliphatic carboxylic acids is 1. The summed E-state index contributed by atoms with van der Waals surface area (Å²) < 4.78 is 5.10. The van der Waals surface area contributed by atoms with Gasteiger partial charge in [-0.15, -0.1) is 0 Å². The van der Waals surface area contributed by atoms with Crippen LogP contribution in [0.2, 0.25) is 0 Å². The van der Waals surface area contributed by atoms with E-state index in [-0.39, 0.29) is 11.8 Å². The molecule has 21 heavy (non-hydrogen) atoms. The first-order valence-electron chi connectivity index (χ1n) is 6.85. The third-order valence-corrected chi connectivity index (χ3v) is 3.06. The van der Waals surface area contributed by atoms with Crippen LogP contribution in [-0.2, 0) is 9.59 Å². The van der Waals surface area contributed by atoms with Crippen LogP contribution >= 0.6 is 0 Å². The van der Waals surface area contributed by atoms with Crippen molar-refractivity contribution in [2.75, 3.05) is 13.7 Å². The van der Waals surface area contributed by atoms with E-state index in [1.54, 1.807) is 20.1 Å². The summed E-state index contributed by atoms with van der Waals surface area (Å²) in [6.07, 6.45) is 4.36. The van der Waals surface area contributed by atoms with Gasteiger partial charge in [0.2, 0.25) is 5.91 Å². The van der Waals surface area contributed by atoms with E-state index in [1.165, 1.54) is 6.08 Å². The molecule has 1 rings (SSSR count). The molecule has 1 aromatic carbocycles. The van der Waals surface area contributed by atoms with Crippen molar-refractivity contribution >= 4 is 18.0 Å². The summed E-state index contributed by atoms with van der Waals surface area (Å²) in [6, 6.07) is 7.39. The van der Waals surface area contributed by atoms with E-state index in [9.17, 15) is 9.59 Å². The molecule has 0 saturated heterocycles. The number of rotatable bonds is 8. The summed E-state index contributed by atoms with van der Waals surface area (Å²) in [4.78, 5) is 22.2. The molecule has 0 fully saturated rings. The van der Waals surface area contributed by atoms with E-state index in [4.69, 9.17) is 9.84 Å². The number of carbonyl (C=O) groups excluding carboxylic acids is 1. The van der Waals surface area contributed by atoms with E-state index >= 15 is 0 Å². The van der Waals surface area contributed by atoms with Crippen LogP contribution in [0.15, 0.2) is 30.3 Å². The molecule has 1 atom stereocenters. The first kappa shape index (κ1) is 16.8. The number of nitrogens with one attached hydrogen (secondary N) is 1. The summed E-state index contributed by atoms with van der Waals surface area (Å²) in [5.74, 6) is -0.644. The van der Waals surface area contributed by atoms with Crippen LogP contribution in [0.4, 0.5) is 0 Å². The van der Waals surface area contributed by atoms with Crippen molar-refractivity contribution in [2.24, 2.45) is 5.92 Å². The van der Waals surface area contributed by atoms with Crippen LogP contribution in [0, 0.1) is 5.92 Å². The minimum Gasteiger partial charge on any atom is -0.497 e. The molecule has 1 aromatic rings. The molecule has 5 heteroatoms. The van der Waals surface area contributed by atoms with Gasteiger partial charge in [-0.25, -0.2) is 0 Å². The SMILES string of the molecule is COc1cccc(/C=C/C(=O)NCCCC(C)C(=O)O)c1. The molecule has 0 heterocycles. The fraction of sp³-hybridized carbons (Fsp3) is 0.375. The molecule has 0 radical (unpaired) electrons. The Morgan fingerprint density at radius 1 is 1.43 bits per heavy atom. The number of carboxylic acids is 1. The normalized spacial score (nSPS) is 12.1. The maximum Gasteiger partial charge on any atom is 0.306 e. The third kappa shape index (κ3) is 6.61. The zero-order valence-corrected chi connectivity index (χ0v) is 12.3. The van der Waals surface area contributed by atoms with Crippen LogP contribution in [0.25, 0.3) is 6.08 Å². The minimum atomic E-state index is -0.806. The average molecular weight is 291 g/mol. The number of hydrogen-bond acceptors (Lipinski definition) is 3. The van der Waals surface area contributed by atoms with Crippen molar-refractivity contribution in [3.63, 3.8) is 0 Å². The predicted molar refractivity (Wildman–Crippen MR) is 81.1 cm³/mol. The fourth-order valence-electron chi connectivity index (χ4n) is 1.72. The number of methoxy groups -OCH3 is 1. The van der Waals surface area contributed by atoms with Crippen molar-refractivity contribution in [1.82, 2.24) is 5.32 Å². The summed E-state index contributed by atoms with van der Waals surface area (Å²) in [7, 11) is 1.59. The van der Waals surface area contributed by atoms with E-state index in [0.29, 0.717) is 19.4 Å². The lowest BCUT2D eigenvalue weighted by atomic mass is 10.1. The van der Waals surface area contributed by atoms with Crippen molar-refractivity contribution in [3.8, 4) is 5.75 Å². The summed E-state index contributed by atoms with van der Waals surface area (Å²) in [5, 5.41) is 11.5. The lowest BCUT2D eigenvalue weighted by Crippen LogP contribution is -2.23. The van der Waals surface area contributed by atoms with Crippen LogP contribution < -0.4 is 10.1 Å². The summed E-state index contributed by atoms with van der Waals surface area (Å²) >= 11 is 0. The molecule has 0 saturated carbocycles. The number of amides is 1. The highest BCUT2D eigenvalue weighted by Gasteiger charge is 2.09. The third-order valence-electron chi connectivity index (χ3n) is 3.06. The van der Waals surface area contributed by atoms with Crippen LogP contribution in [0.1, 0.15) is 25.3 Å². The number of carbonyl (C=O) groups is 2. The molecule has 0 aliphatic rings. The van der Waals surface area contributed by atoms with Crippen molar-refractivity contribution in [3.05, 3.63) is 35.9 Å². The van der Waals surface area contributed by atoms with Crippen LogP contribution in [0.5, 0.6) is 5.75 Å². The second-order valence-electron chi connectivity index (χ2n) is 4.78. The fourth-order valence-corrected chi connectivity index (χ4v) is 1.72. The Hall–Kier alpha value is -2.30. The highest BCUT2D eigenvalue weighted by atomic mass is 16.5. The lowest BCUT2D eigenvalue weighted by molar-refractivity contribution is -0.141. The number of benzene rings is 1. The van der Waals surface area contributed by atoms with Gasteiger partial charge in [-0.1, -0.05) is 19.1 Å². The second kappa shape index (κ2) is 8.79. The summed E-state index contributed by atoms with van der Waals surface area (Å²) in [5.41, 5.74) is 0.879. The van der Waals surface area contributed by atoms with Crippen LogP contribution in [0.3, 0.4) is 0 Å². The average Bonchev–Trinajstić information content (AvgIpc) is 2.49. The van der Waals surface area contributed by atoms with Crippen molar-refractivity contribution < 1.29 is 19.4 Å². The number of hydrogen-bond donors (Lipinski definition) is 2. The molecule has 114 valence electrons. The smallest absolute Gasteiger partial charge is 0.306 e. The first-order valence-corrected chi connectivity index (χ1v) is 6.85. The van der Waals surface area contributed by atoms with Gasteiger partial charge in [-0.2, -0.15) is 0 Å². The second-order valence-corrected chi connectivity index (χ2v) is 4.78. The van der Waals surface area contributed by atoms with Crippen molar-refractivity contribution in [1.29, 1.82) is 0 Å². The topological polar surface area (TPSA) is 75.6 Å². The largest absolute Gasteiger partial charge is 0.497 e. The highest BCUT2D eigenvalue weighted by molar-refractivity contribution is 5.91. The molecule has 1 unspecified atom stereocenters. The molecule has 0 aliphatic heterocycles. The van der Waals surface area contributed by atoms with Gasteiger partial charge in [0.05, 0.1) is 13.0 Å². The van der Waals surface area contributed by atoms with E-state index in [1.807, 2.05) is 24.3 Å². The highest BCUT2D eigenvalue weighted by Crippen LogP contribution is 2.13. The maximum absolute atomic E-state index is 11.6. The Balaban J connectivity index is 2.33. The Labute approximate surface area is 124 Å². The lowest BCUT2D eigenvalue weighted by Gasteiger charge is -2.06. The maximum atomic E-state index is 11.6. The molecule has 0 aromatic heterocycles. The van der Waals surface area contributed by atoms with Gasteiger partial charge in [-0.3, -0.25) is 9.59 Å². The monoisotopic (exact) mass is 291 g/mol. The van der Waals surface area contributed by atoms with Gasteiger partial charge in [0.15, 0.2) is 0 Å². The zero-order valence-electron chi connectivity index (χ0n) is 12.3. The Morgan fingerprint density at radius 2 is 2.19 bits per heavy atom. The molecule has 0 spiro atoms. The van der Waals surface area contributed by atoms with E-state index in [2.05, 4.69) is 5.32 Å². The zero-order chi connectivity index (χ0) is 15.7. The predicted octanol–water partition coefficient (Wildman–Crippen LogP) is 2.33.